The summed E-state index contributed by atoms with van der Waals surface area (Å²) in [6.45, 7) is 13.5. The summed E-state index contributed by atoms with van der Waals surface area (Å²) in [4.78, 5) is 0. The van der Waals surface area contributed by atoms with Crippen LogP contribution in [0.2, 0.25) is 0 Å². The largest absolute Gasteiger partial charge is 0.279 e. The van der Waals surface area contributed by atoms with Crippen LogP contribution in [0.5, 0.6) is 0 Å². The second-order valence-corrected chi connectivity index (χ2v) is 11.1. The highest BCUT2D eigenvalue weighted by atomic mass is 15.3. The maximum atomic E-state index is 4.60. The van der Waals surface area contributed by atoms with Crippen molar-refractivity contribution in [3.05, 3.63) is 113 Å². The van der Waals surface area contributed by atoms with Crippen LogP contribution in [0, 0.1) is 13.8 Å². The highest BCUT2D eigenvalue weighted by Gasteiger charge is 2.35. The van der Waals surface area contributed by atoms with E-state index in [0.29, 0.717) is 0 Å². The Morgan fingerprint density at radius 2 is 1.35 bits per heavy atom. The van der Waals surface area contributed by atoms with Crippen LogP contribution in [0.3, 0.4) is 0 Å². The minimum atomic E-state index is -0.0124. The number of aromatic nitrogens is 3. The molecule has 0 bridgehead atoms. The monoisotopic (exact) mass is 483 g/mol. The zero-order valence-corrected chi connectivity index (χ0v) is 22.5. The van der Waals surface area contributed by atoms with Gasteiger partial charge in [-0.1, -0.05) is 94.4 Å². The SMILES string of the molecule is Cc1cc(-n2c(-c3ccccc3)nnc2C(C)C)ccc1-c1cc2c(cc1C)-c1ccccc1C2(C)C. The van der Waals surface area contributed by atoms with Gasteiger partial charge in [0.15, 0.2) is 5.82 Å². The van der Waals surface area contributed by atoms with Gasteiger partial charge >= 0.3 is 0 Å². The summed E-state index contributed by atoms with van der Waals surface area (Å²) in [5.74, 6) is 2.11. The lowest BCUT2D eigenvalue weighted by Gasteiger charge is -2.23. The molecule has 0 saturated carbocycles. The molecule has 0 radical (unpaired) electrons. The number of hydrogen-bond donors (Lipinski definition) is 0. The van der Waals surface area contributed by atoms with Crippen molar-refractivity contribution in [2.75, 3.05) is 0 Å². The summed E-state index contributed by atoms with van der Waals surface area (Å²) in [5.41, 5.74) is 12.8. The number of hydrogen-bond acceptors (Lipinski definition) is 2. The fourth-order valence-electron chi connectivity index (χ4n) is 5.93. The van der Waals surface area contributed by atoms with Crippen molar-refractivity contribution in [1.82, 2.24) is 14.8 Å². The highest BCUT2D eigenvalue weighted by Crippen LogP contribution is 2.50. The molecule has 184 valence electrons. The van der Waals surface area contributed by atoms with Crippen LogP contribution in [-0.4, -0.2) is 14.8 Å². The molecule has 6 rings (SSSR count). The van der Waals surface area contributed by atoms with E-state index < -0.39 is 0 Å². The average molecular weight is 484 g/mol. The predicted molar refractivity (Wildman–Crippen MR) is 153 cm³/mol. The van der Waals surface area contributed by atoms with E-state index in [0.717, 1.165) is 22.9 Å². The van der Waals surface area contributed by atoms with Gasteiger partial charge in [-0.15, -0.1) is 10.2 Å². The van der Waals surface area contributed by atoms with Crippen molar-refractivity contribution in [3.63, 3.8) is 0 Å². The van der Waals surface area contributed by atoms with E-state index in [1.807, 2.05) is 18.2 Å². The van der Waals surface area contributed by atoms with E-state index in [9.17, 15) is 0 Å². The van der Waals surface area contributed by atoms with Crippen molar-refractivity contribution in [2.45, 2.75) is 52.9 Å². The Labute approximate surface area is 219 Å². The Hall–Kier alpha value is -3.98. The van der Waals surface area contributed by atoms with Crippen LogP contribution in [-0.2, 0) is 5.41 Å². The van der Waals surface area contributed by atoms with Gasteiger partial charge in [-0.3, -0.25) is 4.57 Å². The second-order valence-electron chi connectivity index (χ2n) is 11.1. The van der Waals surface area contributed by atoms with E-state index in [1.54, 1.807) is 0 Å². The topological polar surface area (TPSA) is 30.7 Å². The molecular weight excluding hydrogens is 450 g/mol. The molecule has 1 heterocycles. The van der Waals surface area contributed by atoms with Crippen LogP contribution in [0.15, 0.2) is 84.9 Å². The third-order valence-corrected chi connectivity index (χ3v) is 7.92. The number of nitrogens with zero attached hydrogens (tertiary/aromatic N) is 3. The molecule has 0 aliphatic heterocycles. The molecule has 3 nitrogen and oxygen atoms in total. The summed E-state index contributed by atoms with van der Waals surface area (Å²) < 4.78 is 2.21. The zero-order valence-electron chi connectivity index (χ0n) is 22.5. The molecule has 1 aliphatic rings. The minimum Gasteiger partial charge on any atom is -0.279 e. The summed E-state index contributed by atoms with van der Waals surface area (Å²) in [7, 11) is 0. The molecular formula is C34H33N3. The minimum absolute atomic E-state index is 0.0124. The van der Waals surface area contributed by atoms with Crippen molar-refractivity contribution >= 4 is 0 Å². The van der Waals surface area contributed by atoms with Gasteiger partial charge < -0.3 is 0 Å². The third-order valence-electron chi connectivity index (χ3n) is 7.92. The first-order chi connectivity index (χ1) is 17.8. The summed E-state index contributed by atoms with van der Waals surface area (Å²) in [6.07, 6.45) is 0. The molecule has 1 aromatic heterocycles. The van der Waals surface area contributed by atoms with Gasteiger partial charge in [0.1, 0.15) is 5.82 Å². The highest BCUT2D eigenvalue weighted by molar-refractivity contribution is 5.85. The standard InChI is InChI=1S/C34H33N3/c1-21(2)32-35-36-33(24-12-8-7-9-13-24)37(32)25-16-17-26(22(3)18-25)28-20-31-29(19-23(28)4)27-14-10-11-15-30(27)34(31,5)6/h7-21H,1-6H3. The summed E-state index contributed by atoms with van der Waals surface area (Å²) in [6, 6.07) is 30.8. The first-order valence-corrected chi connectivity index (χ1v) is 13.1. The molecule has 37 heavy (non-hydrogen) atoms. The molecule has 0 saturated heterocycles. The van der Waals surface area contributed by atoms with Gasteiger partial charge in [0, 0.05) is 22.6 Å². The van der Waals surface area contributed by atoms with E-state index in [2.05, 4.69) is 123 Å². The summed E-state index contributed by atoms with van der Waals surface area (Å²) >= 11 is 0. The normalized spacial score (nSPS) is 13.6. The maximum absolute atomic E-state index is 4.60. The smallest absolute Gasteiger partial charge is 0.168 e. The van der Waals surface area contributed by atoms with Gasteiger partial charge in [0.2, 0.25) is 0 Å². The first-order valence-electron chi connectivity index (χ1n) is 13.1. The van der Waals surface area contributed by atoms with E-state index in [1.165, 1.54) is 44.5 Å². The lowest BCUT2D eigenvalue weighted by molar-refractivity contribution is 0.660. The molecule has 4 aromatic carbocycles. The first kappa shape index (κ1) is 23.4. The van der Waals surface area contributed by atoms with Gasteiger partial charge in [0.25, 0.3) is 0 Å². The van der Waals surface area contributed by atoms with Crippen LogP contribution >= 0.6 is 0 Å². The third kappa shape index (κ3) is 3.64. The Bertz CT molecular complexity index is 1640. The van der Waals surface area contributed by atoms with E-state index in [4.69, 9.17) is 0 Å². The van der Waals surface area contributed by atoms with Crippen molar-refractivity contribution < 1.29 is 0 Å². The number of rotatable bonds is 4. The summed E-state index contributed by atoms with van der Waals surface area (Å²) in [5, 5.41) is 9.18. The Morgan fingerprint density at radius 3 is 2.08 bits per heavy atom. The quantitative estimate of drug-likeness (QED) is 0.256. The molecule has 1 aliphatic carbocycles. The second kappa shape index (κ2) is 8.55. The Morgan fingerprint density at radius 1 is 0.649 bits per heavy atom. The van der Waals surface area contributed by atoms with Crippen molar-refractivity contribution in [1.29, 1.82) is 0 Å². The zero-order chi connectivity index (χ0) is 25.9. The lowest BCUT2D eigenvalue weighted by Crippen LogP contribution is -2.15. The molecule has 3 heteroatoms. The van der Waals surface area contributed by atoms with Crippen LogP contribution in [0.1, 0.15) is 61.7 Å². The van der Waals surface area contributed by atoms with Crippen molar-refractivity contribution in [3.8, 4) is 39.3 Å². The van der Waals surface area contributed by atoms with Gasteiger partial charge in [-0.05, 0) is 76.6 Å². The average Bonchev–Trinajstić information content (AvgIpc) is 3.43. The van der Waals surface area contributed by atoms with Gasteiger partial charge in [0.05, 0.1) is 0 Å². The van der Waals surface area contributed by atoms with Gasteiger partial charge in [-0.25, -0.2) is 0 Å². The Balaban J connectivity index is 1.48. The molecule has 0 fully saturated rings. The van der Waals surface area contributed by atoms with Crippen LogP contribution < -0.4 is 0 Å². The van der Waals surface area contributed by atoms with Crippen molar-refractivity contribution in [2.24, 2.45) is 0 Å². The number of fused-ring (bicyclic) bond motifs is 3. The van der Waals surface area contributed by atoms with Gasteiger partial charge in [-0.2, -0.15) is 0 Å². The number of benzene rings is 4. The molecule has 0 unspecified atom stereocenters. The van der Waals surface area contributed by atoms with E-state index >= 15 is 0 Å². The molecule has 0 spiro atoms. The molecule has 0 N–H and O–H groups in total. The fraction of sp³-hybridized carbons (Fsp3) is 0.235. The number of aryl methyl sites for hydroxylation is 2. The molecule has 0 atom stereocenters. The maximum Gasteiger partial charge on any atom is 0.168 e. The van der Waals surface area contributed by atoms with Crippen LogP contribution in [0.4, 0.5) is 0 Å². The van der Waals surface area contributed by atoms with Crippen LogP contribution in [0.25, 0.3) is 39.3 Å². The molecule has 0 amide bonds. The fourth-order valence-corrected chi connectivity index (χ4v) is 5.93. The van der Waals surface area contributed by atoms with E-state index in [-0.39, 0.29) is 11.3 Å². The Kier molecular flexibility index (Phi) is 5.41. The predicted octanol–water partition coefficient (Wildman–Crippen LogP) is 8.65. The lowest BCUT2D eigenvalue weighted by atomic mass is 9.80. The molecule has 5 aromatic rings.